The van der Waals surface area contributed by atoms with Crippen molar-refractivity contribution in [3.8, 4) is 11.5 Å². The minimum absolute atomic E-state index is 0.0443. The molecule has 4 aromatic rings. The van der Waals surface area contributed by atoms with Crippen molar-refractivity contribution in [2.75, 3.05) is 19.5 Å². The van der Waals surface area contributed by atoms with Gasteiger partial charge in [-0.05, 0) is 45.0 Å². The van der Waals surface area contributed by atoms with Crippen LogP contribution in [-0.2, 0) is 18.9 Å². The monoisotopic (exact) mass is 564 g/mol. The third kappa shape index (κ3) is 4.54. The highest BCUT2D eigenvalue weighted by atomic mass is 16.8. The van der Waals surface area contributed by atoms with Gasteiger partial charge in [-0.2, -0.15) is 0 Å². The standard InChI is InChI=1S/C29H28N2O10/c1-13-20-15(11-18(26(33)37-20)31-25(32)17-10-14-8-6-7-9-16(14)30-17)12-19(35-4)21(13)38-27-23-22(39-28(34)40-23)24(36-5)29(2,3)41-27/h6-12,22-24,27,30H,1-5H3,(H,31,32)/t22-,23+,24+,27+/m0/s1. The smallest absolute Gasteiger partial charge is 0.493 e. The van der Waals surface area contributed by atoms with Crippen molar-refractivity contribution in [1.82, 2.24) is 4.98 Å². The summed E-state index contributed by atoms with van der Waals surface area (Å²) in [7, 11) is 2.95. The third-order valence-electron chi connectivity index (χ3n) is 7.36. The van der Waals surface area contributed by atoms with Gasteiger partial charge >= 0.3 is 11.8 Å². The van der Waals surface area contributed by atoms with Crippen molar-refractivity contribution in [1.29, 1.82) is 0 Å². The molecule has 4 atom stereocenters. The van der Waals surface area contributed by atoms with Crippen LogP contribution in [0.3, 0.4) is 0 Å². The Morgan fingerprint density at radius 2 is 1.78 bits per heavy atom. The van der Waals surface area contributed by atoms with Crippen LogP contribution in [0.1, 0.15) is 29.9 Å². The fraction of sp³-hybridized carbons (Fsp3) is 0.345. The van der Waals surface area contributed by atoms with Crippen molar-refractivity contribution >= 4 is 39.6 Å². The molecular formula is C29H28N2O10. The number of hydrogen-bond donors (Lipinski definition) is 2. The molecule has 1 amide bonds. The van der Waals surface area contributed by atoms with Crippen LogP contribution in [0.15, 0.2) is 51.7 Å². The molecule has 2 aliphatic heterocycles. The highest BCUT2D eigenvalue weighted by Gasteiger charge is 2.59. The van der Waals surface area contributed by atoms with E-state index in [0.29, 0.717) is 22.4 Å². The van der Waals surface area contributed by atoms with E-state index in [1.807, 2.05) is 24.3 Å². The number of rotatable bonds is 6. The van der Waals surface area contributed by atoms with E-state index in [2.05, 4.69) is 10.3 Å². The summed E-state index contributed by atoms with van der Waals surface area (Å²) in [5, 5.41) is 3.97. The Morgan fingerprint density at radius 3 is 2.51 bits per heavy atom. The van der Waals surface area contributed by atoms with E-state index in [9.17, 15) is 14.4 Å². The lowest BCUT2D eigenvalue weighted by atomic mass is 9.89. The van der Waals surface area contributed by atoms with Crippen molar-refractivity contribution in [3.63, 3.8) is 0 Å². The number of fused-ring (bicyclic) bond motifs is 3. The lowest BCUT2D eigenvalue weighted by Gasteiger charge is -2.45. The number of aryl methyl sites for hydroxylation is 1. The molecule has 2 saturated heterocycles. The quantitative estimate of drug-likeness (QED) is 0.257. The van der Waals surface area contributed by atoms with Gasteiger partial charge in [0.15, 0.2) is 17.6 Å². The largest absolute Gasteiger partial charge is 0.509 e. The number of carbonyl (C=O) groups is 2. The molecule has 214 valence electrons. The van der Waals surface area contributed by atoms with Gasteiger partial charge in [0, 0.05) is 29.0 Å². The number of methoxy groups -OCH3 is 2. The van der Waals surface area contributed by atoms with E-state index in [4.69, 9.17) is 32.8 Å². The van der Waals surface area contributed by atoms with Crippen molar-refractivity contribution in [2.24, 2.45) is 0 Å². The summed E-state index contributed by atoms with van der Waals surface area (Å²) in [5.74, 6) is 0.0241. The first-order valence-corrected chi connectivity index (χ1v) is 12.9. The normalized spacial score (nSPS) is 23.1. The second-order valence-corrected chi connectivity index (χ2v) is 10.4. The van der Waals surface area contributed by atoms with Crippen LogP contribution >= 0.6 is 0 Å². The number of amides is 1. The highest BCUT2D eigenvalue weighted by molar-refractivity contribution is 6.06. The van der Waals surface area contributed by atoms with Crippen LogP contribution < -0.4 is 20.4 Å². The van der Waals surface area contributed by atoms with Gasteiger partial charge in [0.1, 0.15) is 23.1 Å². The summed E-state index contributed by atoms with van der Waals surface area (Å²) in [4.78, 5) is 40.9. The highest BCUT2D eigenvalue weighted by Crippen LogP contribution is 2.43. The zero-order valence-electron chi connectivity index (χ0n) is 22.9. The molecule has 0 spiro atoms. The van der Waals surface area contributed by atoms with E-state index < -0.39 is 47.9 Å². The number of ether oxygens (including phenoxy) is 6. The molecule has 2 aromatic carbocycles. The summed E-state index contributed by atoms with van der Waals surface area (Å²) >= 11 is 0. The van der Waals surface area contributed by atoms with E-state index >= 15 is 0 Å². The van der Waals surface area contributed by atoms with Crippen molar-refractivity contribution in [2.45, 2.75) is 51.0 Å². The average molecular weight is 565 g/mol. The Kier molecular flexibility index (Phi) is 6.39. The Bertz CT molecular complexity index is 1710. The molecule has 2 N–H and O–H groups in total. The van der Waals surface area contributed by atoms with E-state index in [1.54, 1.807) is 32.9 Å². The van der Waals surface area contributed by atoms with Crippen LogP contribution in [0.4, 0.5) is 10.5 Å². The molecule has 2 aromatic heterocycles. The molecule has 0 saturated carbocycles. The van der Waals surface area contributed by atoms with Crippen LogP contribution in [-0.4, -0.2) is 61.5 Å². The van der Waals surface area contributed by atoms with Gasteiger partial charge in [-0.1, -0.05) is 18.2 Å². The van der Waals surface area contributed by atoms with E-state index in [0.717, 1.165) is 10.9 Å². The van der Waals surface area contributed by atoms with Crippen LogP contribution in [0.5, 0.6) is 11.5 Å². The molecule has 2 fully saturated rings. The maximum Gasteiger partial charge on any atom is 0.509 e. The molecule has 12 nitrogen and oxygen atoms in total. The fourth-order valence-corrected chi connectivity index (χ4v) is 5.44. The van der Waals surface area contributed by atoms with Gasteiger partial charge in [0.05, 0.1) is 12.7 Å². The number of hydrogen-bond acceptors (Lipinski definition) is 10. The topological polar surface area (TPSA) is 148 Å². The summed E-state index contributed by atoms with van der Waals surface area (Å²) in [6, 6.07) is 12.3. The van der Waals surface area contributed by atoms with Gasteiger partial charge in [-0.3, -0.25) is 4.79 Å². The molecule has 0 radical (unpaired) electrons. The number of carbonyl (C=O) groups excluding carboxylic acids is 2. The lowest BCUT2D eigenvalue weighted by molar-refractivity contribution is -0.283. The number of H-pyrrole nitrogens is 1. The molecule has 0 unspecified atom stereocenters. The minimum Gasteiger partial charge on any atom is -0.493 e. The molecule has 2 aliphatic rings. The predicted molar refractivity (Wildman–Crippen MR) is 146 cm³/mol. The minimum atomic E-state index is -1.08. The first-order valence-electron chi connectivity index (χ1n) is 12.9. The van der Waals surface area contributed by atoms with Gasteiger partial charge in [-0.25, -0.2) is 9.59 Å². The van der Waals surface area contributed by atoms with Gasteiger partial charge < -0.3 is 43.1 Å². The first kappa shape index (κ1) is 26.7. The Morgan fingerprint density at radius 1 is 1.02 bits per heavy atom. The summed E-state index contributed by atoms with van der Waals surface area (Å²) < 4.78 is 39.9. The molecule has 4 heterocycles. The molecule has 12 heteroatoms. The summed E-state index contributed by atoms with van der Waals surface area (Å²) in [6.07, 6.45) is -4.23. The number of aromatic amines is 1. The van der Waals surface area contributed by atoms with Gasteiger partial charge in [-0.15, -0.1) is 0 Å². The number of aromatic nitrogens is 1. The first-order chi connectivity index (χ1) is 19.6. The maximum atomic E-state index is 12.9. The maximum absolute atomic E-state index is 12.9. The number of benzene rings is 2. The van der Waals surface area contributed by atoms with Crippen LogP contribution in [0.25, 0.3) is 21.9 Å². The van der Waals surface area contributed by atoms with Crippen molar-refractivity contribution < 1.29 is 42.4 Å². The average Bonchev–Trinajstić information content (AvgIpc) is 3.54. The predicted octanol–water partition coefficient (Wildman–Crippen LogP) is 4.28. The van der Waals surface area contributed by atoms with Crippen LogP contribution in [0.2, 0.25) is 0 Å². The second kappa shape index (κ2) is 9.82. The zero-order chi connectivity index (χ0) is 29.1. The summed E-state index contributed by atoms with van der Waals surface area (Å²) in [6.45, 7) is 5.26. The van der Waals surface area contributed by atoms with Crippen LogP contribution in [0, 0.1) is 6.92 Å². The summed E-state index contributed by atoms with van der Waals surface area (Å²) in [5.41, 5.74) is 0.0394. The van der Waals surface area contributed by atoms with Gasteiger partial charge in [0.25, 0.3) is 5.91 Å². The Balaban J connectivity index is 1.33. The SMILES string of the molecule is COc1cc2cc(NC(=O)c3cc4ccccc4[nH]3)c(=O)oc2c(C)c1O[C@@H]1OC(C)(C)[C@H](OC)[C@H]2OC(=O)O[C@@H]12. The molecule has 6 rings (SSSR count). The molecule has 0 bridgehead atoms. The fourth-order valence-electron chi connectivity index (χ4n) is 5.44. The van der Waals surface area contributed by atoms with Crippen molar-refractivity contribution in [3.05, 3.63) is 64.1 Å². The Hall–Kier alpha value is -4.55. The number of para-hydroxylation sites is 1. The molecule has 0 aliphatic carbocycles. The second-order valence-electron chi connectivity index (χ2n) is 10.4. The molecular weight excluding hydrogens is 536 g/mol. The zero-order valence-corrected chi connectivity index (χ0v) is 22.9. The lowest BCUT2D eigenvalue weighted by Crippen LogP contribution is -2.62. The van der Waals surface area contributed by atoms with E-state index in [-0.39, 0.29) is 17.0 Å². The Labute approximate surface area is 233 Å². The number of nitrogens with one attached hydrogen (secondary N) is 2. The third-order valence-corrected chi connectivity index (χ3v) is 7.36. The van der Waals surface area contributed by atoms with Gasteiger partial charge in [0.2, 0.25) is 12.4 Å². The molecule has 41 heavy (non-hydrogen) atoms. The number of anilines is 1. The van der Waals surface area contributed by atoms with E-state index in [1.165, 1.54) is 20.3 Å².